The van der Waals surface area contributed by atoms with E-state index < -0.39 is 4.92 Å². The number of nitro groups is 1. The molecule has 0 saturated heterocycles. The van der Waals surface area contributed by atoms with Crippen molar-refractivity contribution in [2.75, 3.05) is 12.4 Å². The number of nitrogens with one attached hydrogen (secondary N) is 1. The van der Waals surface area contributed by atoms with Gasteiger partial charge in [0, 0.05) is 25.2 Å². The van der Waals surface area contributed by atoms with Gasteiger partial charge < -0.3 is 5.32 Å². The molecule has 0 amide bonds. The Balaban J connectivity index is 2.43. The maximum absolute atomic E-state index is 10.9. The molecule has 0 aliphatic carbocycles. The van der Waals surface area contributed by atoms with Crippen LogP contribution in [0.1, 0.15) is 13.8 Å². The summed E-state index contributed by atoms with van der Waals surface area (Å²) < 4.78 is 1.70. The minimum Gasteiger partial charge on any atom is -0.383 e. The molecule has 0 atom stereocenters. The van der Waals surface area contributed by atoms with Crippen LogP contribution in [-0.2, 0) is 6.54 Å². The van der Waals surface area contributed by atoms with Crippen LogP contribution in [-0.4, -0.2) is 32.2 Å². The third-order valence-corrected chi connectivity index (χ3v) is 2.79. The van der Waals surface area contributed by atoms with Gasteiger partial charge in [-0.15, -0.1) is 5.10 Å². The number of benzene rings is 1. The highest BCUT2D eigenvalue weighted by Gasteiger charge is 2.16. The number of nitrogens with zero attached hydrogens (tertiary/aromatic N) is 5. The van der Waals surface area contributed by atoms with Gasteiger partial charge in [-0.25, -0.2) is 4.68 Å². The van der Waals surface area contributed by atoms with Gasteiger partial charge >= 0.3 is 0 Å². The lowest BCUT2D eigenvalue weighted by atomic mass is 10.1. The molecule has 0 fully saturated rings. The monoisotopic (exact) mass is 276 g/mol. The Labute approximate surface area is 115 Å². The fraction of sp³-hybridized carbons (Fsp3) is 0.417. The van der Waals surface area contributed by atoms with Crippen LogP contribution in [0.15, 0.2) is 18.2 Å². The van der Waals surface area contributed by atoms with Crippen LogP contribution >= 0.6 is 0 Å². The number of rotatable bonds is 5. The van der Waals surface area contributed by atoms with Gasteiger partial charge in [0.05, 0.1) is 4.92 Å². The summed E-state index contributed by atoms with van der Waals surface area (Å²) in [6.45, 7) is 4.83. The van der Waals surface area contributed by atoms with E-state index in [1.807, 2.05) is 0 Å². The van der Waals surface area contributed by atoms with Crippen LogP contribution in [0.5, 0.6) is 0 Å². The van der Waals surface area contributed by atoms with Gasteiger partial charge in [-0.2, -0.15) is 0 Å². The van der Waals surface area contributed by atoms with Crippen molar-refractivity contribution in [3.63, 3.8) is 0 Å². The van der Waals surface area contributed by atoms with Gasteiger partial charge in [-0.05, 0) is 28.5 Å². The van der Waals surface area contributed by atoms with Gasteiger partial charge in [-0.1, -0.05) is 13.8 Å². The molecule has 0 bridgehead atoms. The Hall–Kier alpha value is -2.51. The molecule has 0 aliphatic rings. The molecular formula is C12H16N6O2. The first-order valence-corrected chi connectivity index (χ1v) is 6.25. The molecule has 0 radical (unpaired) electrons. The number of aromatic nitrogens is 4. The van der Waals surface area contributed by atoms with Gasteiger partial charge in [-0.3, -0.25) is 10.1 Å². The molecule has 20 heavy (non-hydrogen) atoms. The van der Waals surface area contributed by atoms with Crippen molar-refractivity contribution < 1.29 is 4.92 Å². The topological polar surface area (TPSA) is 98.8 Å². The number of anilines is 1. The van der Waals surface area contributed by atoms with Gasteiger partial charge in [0.2, 0.25) is 0 Å². The fourth-order valence-electron chi connectivity index (χ4n) is 1.91. The number of tetrazole rings is 1. The highest BCUT2D eigenvalue weighted by atomic mass is 16.6. The average molecular weight is 276 g/mol. The van der Waals surface area contributed by atoms with E-state index >= 15 is 0 Å². The average Bonchev–Trinajstić information content (AvgIpc) is 2.85. The Kier molecular flexibility index (Phi) is 3.92. The summed E-state index contributed by atoms with van der Waals surface area (Å²) in [7, 11) is 1.64. The minimum absolute atomic E-state index is 0.0270. The lowest BCUT2D eigenvalue weighted by Gasteiger charge is -2.08. The first-order valence-electron chi connectivity index (χ1n) is 6.25. The van der Waals surface area contributed by atoms with Crippen molar-refractivity contribution in [3.8, 4) is 11.4 Å². The molecular weight excluding hydrogens is 260 g/mol. The standard InChI is InChI=1S/C12H16N6O2/c1-8(2)7-17-12(14-15-16-17)9-4-5-11(18(19)20)10(6-9)13-3/h4-6,8,13H,7H2,1-3H3. The van der Waals surface area contributed by atoms with E-state index in [9.17, 15) is 10.1 Å². The van der Waals surface area contributed by atoms with Crippen LogP contribution in [0, 0.1) is 16.0 Å². The quantitative estimate of drug-likeness (QED) is 0.662. The molecule has 1 aromatic heterocycles. The molecule has 0 unspecified atom stereocenters. The van der Waals surface area contributed by atoms with Gasteiger partial charge in [0.25, 0.3) is 5.69 Å². The Morgan fingerprint density at radius 2 is 2.20 bits per heavy atom. The lowest BCUT2D eigenvalue weighted by Crippen LogP contribution is -2.08. The molecule has 8 nitrogen and oxygen atoms in total. The zero-order valence-electron chi connectivity index (χ0n) is 11.6. The first-order chi connectivity index (χ1) is 9.52. The summed E-state index contributed by atoms with van der Waals surface area (Å²) in [5.74, 6) is 1.00. The Morgan fingerprint density at radius 3 is 2.80 bits per heavy atom. The predicted octanol–water partition coefficient (Wildman–Crippen LogP) is 1.95. The second-order valence-corrected chi connectivity index (χ2v) is 4.82. The molecule has 0 saturated carbocycles. The Morgan fingerprint density at radius 1 is 1.45 bits per heavy atom. The van der Waals surface area contributed by atoms with Crippen LogP contribution in [0.3, 0.4) is 0 Å². The van der Waals surface area contributed by atoms with Crippen LogP contribution < -0.4 is 5.32 Å². The zero-order valence-corrected chi connectivity index (χ0v) is 11.6. The highest BCUT2D eigenvalue weighted by molar-refractivity contribution is 5.70. The highest BCUT2D eigenvalue weighted by Crippen LogP contribution is 2.29. The van der Waals surface area contributed by atoms with Crippen LogP contribution in [0.4, 0.5) is 11.4 Å². The Bertz CT molecular complexity index is 622. The van der Waals surface area contributed by atoms with Gasteiger partial charge in [0.15, 0.2) is 5.82 Å². The van der Waals surface area contributed by atoms with Crippen molar-refractivity contribution in [1.82, 2.24) is 20.2 Å². The minimum atomic E-state index is -0.424. The SMILES string of the molecule is CNc1cc(-c2nnnn2CC(C)C)ccc1[N+](=O)[O-]. The van der Waals surface area contributed by atoms with Crippen molar-refractivity contribution in [3.05, 3.63) is 28.3 Å². The number of hydrogen-bond acceptors (Lipinski definition) is 6. The van der Waals surface area contributed by atoms with Crippen molar-refractivity contribution in [1.29, 1.82) is 0 Å². The van der Waals surface area contributed by atoms with E-state index in [0.717, 1.165) is 5.56 Å². The predicted molar refractivity (Wildman–Crippen MR) is 74.3 cm³/mol. The fourth-order valence-corrected chi connectivity index (χ4v) is 1.91. The summed E-state index contributed by atoms with van der Waals surface area (Å²) in [6.07, 6.45) is 0. The molecule has 2 aromatic rings. The van der Waals surface area contributed by atoms with E-state index in [1.54, 1.807) is 23.9 Å². The molecule has 0 aliphatic heterocycles. The molecule has 1 aromatic carbocycles. The summed E-state index contributed by atoms with van der Waals surface area (Å²) in [5, 5.41) is 25.3. The van der Waals surface area contributed by atoms with Crippen LogP contribution in [0.2, 0.25) is 0 Å². The van der Waals surface area contributed by atoms with Crippen molar-refractivity contribution >= 4 is 11.4 Å². The van der Waals surface area contributed by atoms with Gasteiger partial charge in [0.1, 0.15) is 5.69 Å². The molecule has 1 N–H and O–H groups in total. The molecule has 106 valence electrons. The first kappa shape index (κ1) is 13.9. The molecule has 0 spiro atoms. The normalized spacial score (nSPS) is 10.8. The summed E-state index contributed by atoms with van der Waals surface area (Å²) in [6, 6.07) is 4.79. The van der Waals surface area contributed by atoms with E-state index in [4.69, 9.17) is 0 Å². The smallest absolute Gasteiger partial charge is 0.292 e. The number of nitro benzene ring substituents is 1. The van der Waals surface area contributed by atoms with Crippen LogP contribution in [0.25, 0.3) is 11.4 Å². The lowest BCUT2D eigenvalue weighted by molar-refractivity contribution is -0.383. The molecule has 2 rings (SSSR count). The zero-order chi connectivity index (χ0) is 14.7. The third-order valence-electron chi connectivity index (χ3n) is 2.79. The maximum Gasteiger partial charge on any atom is 0.292 e. The van der Waals surface area contributed by atoms with E-state index in [-0.39, 0.29) is 5.69 Å². The maximum atomic E-state index is 10.9. The number of hydrogen-bond donors (Lipinski definition) is 1. The second-order valence-electron chi connectivity index (χ2n) is 4.82. The van der Waals surface area contributed by atoms with E-state index in [0.29, 0.717) is 24.0 Å². The summed E-state index contributed by atoms with van der Waals surface area (Å²) in [4.78, 5) is 10.5. The summed E-state index contributed by atoms with van der Waals surface area (Å²) >= 11 is 0. The van der Waals surface area contributed by atoms with E-state index in [1.165, 1.54) is 6.07 Å². The largest absolute Gasteiger partial charge is 0.383 e. The van der Waals surface area contributed by atoms with E-state index in [2.05, 4.69) is 34.7 Å². The van der Waals surface area contributed by atoms with Crippen molar-refractivity contribution in [2.24, 2.45) is 5.92 Å². The molecule has 1 heterocycles. The molecule has 8 heteroatoms. The second kappa shape index (κ2) is 5.64. The van der Waals surface area contributed by atoms with Crippen molar-refractivity contribution in [2.45, 2.75) is 20.4 Å². The third kappa shape index (κ3) is 2.73. The summed E-state index contributed by atoms with van der Waals surface area (Å²) in [5.41, 5.74) is 1.20.